The van der Waals surface area contributed by atoms with Gasteiger partial charge in [-0.3, -0.25) is 0 Å². The molecule has 0 atom stereocenters. The molecule has 1 fully saturated rings. The van der Waals surface area contributed by atoms with Crippen molar-refractivity contribution in [2.24, 2.45) is 0 Å². The van der Waals surface area contributed by atoms with E-state index in [0.29, 0.717) is 17.2 Å². The lowest BCUT2D eigenvalue weighted by molar-refractivity contribution is 0.0600. The Morgan fingerprint density at radius 1 is 1.15 bits per heavy atom. The third-order valence-electron chi connectivity index (χ3n) is 4.85. The van der Waals surface area contributed by atoms with Crippen LogP contribution in [0.2, 0.25) is 0 Å². The van der Waals surface area contributed by atoms with E-state index < -0.39 is 0 Å². The van der Waals surface area contributed by atoms with E-state index in [9.17, 15) is 4.79 Å². The highest BCUT2D eigenvalue weighted by Gasteiger charge is 2.13. The Morgan fingerprint density at radius 3 is 2.52 bits per heavy atom. The van der Waals surface area contributed by atoms with Crippen LogP contribution in [0.25, 0.3) is 0 Å². The zero-order valence-corrected chi connectivity index (χ0v) is 16.6. The quantitative estimate of drug-likeness (QED) is 0.604. The summed E-state index contributed by atoms with van der Waals surface area (Å²) in [7, 11) is 1.38. The van der Waals surface area contributed by atoms with E-state index in [1.54, 1.807) is 12.1 Å². The maximum absolute atomic E-state index is 11.8. The molecule has 0 aliphatic carbocycles. The van der Waals surface area contributed by atoms with Crippen LogP contribution >= 0.6 is 12.2 Å². The van der Waals surface area contributed by atoms with E-state index in [1.807, 2.05) is 13.0 Å². The van der Waals surface area contributed by atoms with Crippen LogP contribution in [0.15, 0.2) is 42.5 Å². The molecule has 0 saturated carbocycles. The number of esters is 1. The Labute approximate surface area is 165 Å². The molecule has 27 heavy (non-hydrogen) atoms. The number of benzene rings is 2. The minimum absolute atomic E-state index is 0.354. The molecule has 0 bridgehead atoms. The SMILES string of the molecule is COC(=O)c1cccc(NC(=S)NCc2ccc(N3CCCC3)cc2)c1C. The first-order chi connectivity index (χ1) is 13.1. The summed E-state index contributed by atoms with van der Waals surface area (Å²) in [5, 5.41) is 6.89. The molecular formula is C21H25N3O2S. The minimum Gasteiger partial charge on any atom is -0.465 e. The number of carbonyl (C=O) groups excluding carboxylic acids is 1. The van der Waals surface area contributed by atoms with E-state index >= 15 is 0 Å². The monoisotopic (exact) mass is 383 g/mol. The zero-order valence-electron chi connectivity index (χ0n) is 15.7. The summed E-state index contributed by atoms with van der Waals surface area (Å²) in [4.78, 5) is 14.2. The van der Waals surface area contributed by atoms with E-state index in [2.05, 4.69) is 39.8 Å². The molecule has 0 unspecified atom stereocenters. The fraction of sp³-hybridized carbons (Fsp3) is 0.333. The van der Waals surface area contributed by atoms with E-state index in [4.69, 9.17) is 17.0 Å². The van der Waals surface area contributed by atoms with Crippen molar-refractivity contribution in [3.8, 4) is 0 Å². The topological polar surface area (TPSA) is 53.6 Å². The van der Waals surface area contributed by atoms with Crippen molar-refractivity contribution in [3.63, 3.8) is 0 Å². The number of nitrogens with one attached hydrogen (secondary N) is 2. The first kappa shape index (κ1) is 19.2. The predicted molar refractivity (Wildman–Crippen MR) is 113 cm³/mol. The average Bonchev–Trinajstić information content (AvgIpc) is 3.22. The molecule has 3 rings (SSSR count). The van der Waals surface area contributed by atoms with Gasteiger partial charge in [-0.25, -0.2) is 4.79 Å². The van der Waals surface area contributed by atoms with Crippen molar-refractivity contribution in [3.05, 3.63) is 59.2 Å². The molecule has 1 aliphatic heterocycles. The van der Waals surface area contributed by atoms with Gasteiger partial charge in [-0.05, 0) is 67.4 Å². The van der Waals surface area contributed by atoms with E-state index in [1.165, 1.54) is 31.2 Å². The Hall–Kier alpha value is -2.60. The molecule has 2 aromatic rings. The van der Waals surface area contributed by atoms with Crippen molar-refractivity contribution >= 4 is 34.7 Å². The first-order valence-electron chi connectivity index (χ1n) is 9.15. The molecule has 5 nitrogen and oxygen atoms in total. The summed E-state index contributed by atoms with van der Waals surface area (Å²) in [5.74, 6) is -0.354. The van der Waals surface area contributed by atoms with E-state index in [-0.39, 0.29) is 5.97 Å². The molecule has 0 amide bonds. The second-order valence-electron chi connectivity index (χ2n) is 6.64. The zero-order chi connectivity index (χ0) is 19.2. The minimum atomic E-state index is -0.354. The summed E-state index contributed by atoms with van der Waals surface area (Å²) >= 11 is 5.40. The Balaban J connectivity index is 1.56. The van der Waals surface area contributed by atoms with Crippen molar-refractivity contribution < 1.29 is 9.53 Å². The molecule has 1 heterocycles. The number of thiocarbonyl (C=S) groups is 1. The van der Waals surface area contributed by atoms with Gasteiger partial charge in [0.1, 0.15) is 0 Å². The third kappa shape index (κ3) is 4.77. The van der Waals surface area contributed by atoms with E-state index in [0.717, 1.165) is 24.3 Å². The highest BCUT2D eigenvalue weighted by atomic mass is 32.1. The van der Waals surface area contributed by atoms with Crippen LogP contribution in [-0.4, -0.2) is 31.3 Å². The smallest absolute Gasteiger partial charge is 0.338 e. The van der Waals surface area contributed by atoms with Crippen LogP contribution in [0.4, 0.5) is 11.4 Å². The van der Waals surface area contributed by atoms with Crippen molar-refractivity contribution in [1.82, 2.24) is 5.32 Å². The van der Waals surface area contributed by atoms with Gasteiger partial charge in [-0.2, -0.15) is 0 Å². The standard InChI is InChI=1S/C21H25N3O2S/c1-15-18(20(25)26-2)6-5-7-19(15)23-21(27)22-14-16-8-10-17(11-9-16)24-12-3-4-13-24/h5-11H,3-4,12-14H2,1-2H3,(H2,22,23,27). The second-order valence-corrected chi connectivity index (χ2v) is 7.05. The fourth-order valence-corrected chi connectivity index (χ4v) is 3.43. The van der Waals surface area contributed by atoms with Gasteiger partial charge in [0.05, 0.1) is 12.7 Å². The van der Waals surface area contributed by atoms with Gasteiger partial charge in [-0.1, -0.05) is 18.2 Å². The third-order valence-corrected chi connectivity index (χ3v) is 5.09. The molecule has 0 spiro atoms. The van der Waals surface area contributed by atoms with Gasteiger partial charge in [0.2, 0.25) is 0 Å². The number of hydrogen-bond acceptors (Lipinski definition) is 4. The molecule has 2 N–H and O–H groups in total. The van der Waals surface area contributed by atoms with Gasteiger partial charge >= 0.3 is 5.97 Å². The van der Waals surface area contributed by atoms with Crippen LogP contribution in [-0.2, 0) is 11.3 Å². The van der Waals surface area contributed by atoms with Crippen LogP contribution in [0.5, 0.6) is 0 Å². The number of nitrogens with zero attached hydrogens (tertiary/aromatic N) is 1. The average molecular weight is 384 g/mol. The molecule has 142 valence electrons. The molecule has 2 aromatic carbocycles. The maximum atomic E-state index is 11.8. The van der Waals surface area contributed by atoms with Crippen molar-refractivity contribution in [2.45, 2.75) is 26.3 Å². The van der Waals surface area contributed by atoms with Gasteiger partial charge in [0.25, 0.3) is 0 Å². The highest BCUT2D eigenvalue weighted by Crippen LogP contribution is 2.21. The van der Waals surface area contributed by atoms with Gasteiger partial charge < -0.3 is 20.3 Å². The highest BCUT2D eigenvalue weighted by molar-refractivity contribution is 7.80. The summed E-state index contributed by atoms with van der Waals surface area (Å²) in [6.07, 6.45) is 2.56. The van der Waals surface area contributed by atoms with Gasteiger partial charge in [-0.15, -0.1) is 0 Å². The maximum Gasteiger partial charge on any atom is 0.338 e. The lowest BCUT2D eigenvalue weighted by Crippen LogP contribution is -2.28. The number of anilines is 2. The van der Waals surface area contributed by atoms with Crippen LogP contribution in [0, 0.1) is 6.92 Å². The van der Waals surface area contributed by atoms with Gasteiger partial charge in [0.15, 0.2) is 5.11 Å². The normalized spacial score (nSPS) is 13.3. The summed E-state index contributed by atoms with van der Waals surface area (Å²) in [5.41, 5.74) is 4.58. The number of methoxy groups -OCH3 is 1. The number of hydrogen-bond donors (Lipinski definition) is 2. The fourth-order valence-electron chi connectivity index (χ4n) is 3.25. The Bertz CT molecular complexity index is 815. The lowest BCUT2D eigenvalue weighted by atomic mass is 10.1. The predicted octanol–water partition coefficient (Wildman–Crippen LogP) is 3.87. The summed E-state index contributed by atoms with van der Waals surface area (Å²) in [6, 6.07) is 14.0. The van der Waals surface area contributed by atoms with Crippen molar-refractivity contribution in [1.29, 1.82) is 0 Å². The van der Waals surface area contributed by atoms with Gasteiger partial charge in [0, 0.05) is 31.0 Å². The molecular weight excluding hydrogens is 358 g/mol. The Morgan fingerprint density at radius 2 is 1.85 bits per heavy atom. The Kier molecular flexibility index (Phi) is 6.29. The lowest BCUT2D eigenvalue weighted by Gasteiger charge is -2.18. The van der Waals surface area contributed by atoms with Crippen LogP contribution < -0.4 is 15.5 Å². The first-order valence-corrected chi connectivity index (χ1v) is 9.56. The number of ether oxygens (including phenoxy) is 1. The summed E-state index contributed by atoms with van der Waals surface area (Å²) in [6.45, 7) is 4.81. The van der Waals surface area contributed by atoms with Crippen LogP contribution in [0.3, 0.4) is 0 Å². The number of carbonyl (C=O) groups is 1. The molecule has 1 aliphatic rings. The second kappa shape index (κ2) is 8.86. The largest absolute Gasteiger partial charge is 0.465 e. The van der Waals surface area contributed by atoms with Crippen molar-refractivity contribution in [2.75, 3.05) is 30.4 Å². The molecule has 1 saturated heterocycles. The number of rotatable bonds is 5. The molecule has 6 heteroatoms. The molecule has 0 aromatic heterocycles. The molecule has 0 radical (unpaired) electrons. The summed E-state index contributed by atoms with van der Waals surface area (Å²) < 4.78 is 4.81. The van der Waals surface area contributed by atoms with Crippen LogP contribution in [0.1, 0.15) is 34.3 Å².